The number of carbonyl (C=O) groups is 1. The number of rotatable bonds is 3. The molecule has 0 spiro atoms. The molecule has 2 rings (SSSR count). The van der Waals surface area contributed by atoms with Crippen LogP contribution in [0.15, 0.2) is 36.4 Å². The largest absolute Gasteiger partial charge is 0.388 e. The number of hydrogen-bond donors (Lipinski definition) is 2. The van der Waals surface area contributed by atoms with Crippen molar-refractivity contribution >= 4 is 40.5 Å². The van der Waals surface area contributed by atoms with Gasteiger partial charge in [0.2, 0.25) is 0 Å². The van der Waals surface area contributed by atoms with E-state index in [2.05, 4.69) is 10.6 Å². The van der Waals surface area contributed by atoms with Crippen LogP contribution in [0.1, 0.15) is 15.9 Å². The summed E-state index contributed by atoms with van der Waals surface area (Å²) in [5, 5.41) is 6.56. The molecule has 0 aliphatic rings. The fourth-order valence-corrected chi connectivity index (χ4v) is 2.23. The molecule has 20 heavy (non-hydrogen) atoms. The van der Waals surface area contributed by atoms with Crippen molar-refractivity contribution in [1.29, 1.82) is 0 Å². The van der Waals surface area contributed by atoms with Gasteiger partial charge in [-0.25, -0.2) is 0 Å². The van der Waals surface area contributed by atoms with E-state index in [1.54, 1.807) is 24.3 Å². The minimum Gasteiger partial charge on any atom is -0.388 e. The van der Waals surface area contributed by atoms with Crippen LogP contribution in [0.3, 0.4) is 0 Å². The summed E-state index contributed by atoms with van der Waals surface area (Å²) in [6.45, 7) is 1.94. The summed E-state index contributed by atoms with van der Waals surface area (Å²) in [5.41, 5.74) is 3.05. The molecule has 5 heteroatoms. The average Bonchev–Trinajstić information content (AvgIpc) is 2.43. The molecule has 0 aliphatic carbocycles. The van der Waals surface area contributed by atoms with Crippen molar-refractivity contribution < 1.29 is 4.79 Å². The first kappa shape index (κ1) is 14.7. The zero-order chi connectivity index (χ0) is 14.7. The lowest BCUT2D eigenvalue weighted by Crippen LogP contribution is -2.12. The topological polar surface area (TPSA) is 41.1 Å². The Morgan fingerprint density at radius 3 is 2.50 bits per heavy atom. The van der Waals surface area contributed by atoms with E-state index in [0.29, 0.717) is 21.3 Å². The summed E-state index contributed by atoms with van der Waals surface area (Å²) in [5.74, 6) is -0.222. The summed E-state index contributed by atoms with van der Waals surface area (Å²) < 4.78 is 0. The number of hydrogen-bond acceptors (Lipinski definition) is 2. The molecule has 2 N–H and O–H groups in total. The third-order valence-corrected chi connectivity index (χ3v) is 3.78. The molecule has 2 aromatic carbocycles. The molecule has 3 nitrogen and oxygen atoms in total. The SMILES string of the molecule is CNc1ccc(C(=O)Nc2cccc(Cl)c2Cl)cc1C. The second-order valence-electron chi connectivity index (χ2n) is 4.34. The second kappa shape index (κ2) is 6.16. The number of benzene rings is 2. The Morgan fingerprint density at radius 2 is 1.85 bits per heavy atom. The fourth-order valence-electron chi connectivity index (χ4n) is 1.88. The summed E-state index contributed by atoms with van der Waals surface area (Å²) in [4.78, 5) is 12.2. The maximum atomic E-state index is 12.2. The summed E-state index contributed by atoms with van der Waals surface area (Å²) >= 11 is 12.0. The second-order valence-corrected chi connectivity index (χ2v) is 5.12. The summed E-state index contributed by atoms with van der Waals surface area (Å²) in [7, 11) is 1.84. The molecule has 0 fully saturated rings. The lowest BCUT2D eigenvalue weighted by molar-refractivity contribution is 0.102. The van der Waals surface area contributed by atoms with Crippen LogP contribution in [0, 0.1) is 6.92 Å². The number of nitrogens with one attached hydrogen (secondary N) is 2. The van der Waals surface area contributed by atoms with Crippen LogP contribution in [-0.4, -0.2) is 13.0 Å². The highest BCUT2D eigenvalue weighted by Crippen LogP contribution is 2.30. The van der Waals surface area contributed by atoms with Crippen molar-refractivity contribution in [1.82, 2.24) is 0 Å². The number of aryl methyl sites for hydroxylation is 1. The molecular formula is C15H14Cl2N2O. The third kappa shape index (κ3) is 3.06. The zero-order valence-electron chi connectivity index (χ0n) is 11.1. The third-order valence-electron chi connectivity index (χ3n) is 2.96. The molecule has 0 atom stereocenters. The Bertz CT molecular complexity index is 656. The van der Waals surface area contributed by atoms with Crippen LogP contribution in [-0.2, 0) is 0 Å². The fraction of sp³-hybridized carbons (Fsp3) is 0.133. The minimum absolute atomic E-state index is 0.222. The van der Waals surface area contributed by atoms with Gasteiger partial charge in [-0.15, -0.1) is 0 Å². The Labute approximate surface area is 127 Å². The smallest absolute Gasteiger partial charge is 0.255 e. The molecule has 0 unspecified atom stereocenters. The molecule has 2 aromatic rings. The quantitative estimate of drug-likeness (QED) is 0.870. The van der Waals surface area contributed by atoms with Gasteiger partial charge in [-0.2, -0.15) is 0 Å². The Hall–Kier alpha value is -1.71. The molecule has 0 saturated carbocycles. The molecule has 0 aliphatic heterocycles. The van der Waals surface area contributed by atoms with Crippen molar-refractivity contribution in [3.05, 3.63) is 57.6 Å². The first-order valence-corrected chi connectivity index (χ1v) is 6.82. The number of halogens is 2. The molecule has 0 aromatic heterocycles. The lowest BCUT2D eigenvalue weighted by atomic mass is 10.1. The molecule has 0 radical (unpaired) electrons. The number of anilines is 2. The van der Waals surface area contributed by atoms with Crippen molar-refractivity contribution in [2.45, 2.75) is 6.92 Å². The standard InChI is InChI=1S/C15H14Cl2N2O/c1-9-8-10(6-7-12(9)18-2)15(20)19-13-5-3-4-11(16)14(13)17/h3-8,18H,1-2H3,(H,19,20). The van der Waals surface area contributed by atoms with Crippen LogP contribution in [0.4, 0.5) is 11.4 Å². The van der Waals surface area contributed by atoms with Gasteiger partial charge < -0.3 is 10.6 Å². The van der Waals surface area contributed by atoms with E-state index < -0.39 is 0 Å². The van der Waals surface area contributed by atoms with Gasteiger partial charge in [-0.05, 0) is 42.8 Å². The van der Waals surface area contributed by atoms with E-state index in [1.807, 2.05) is 26.1 Å². The van der Waals surface area contributed by atoms with E-state index in [-0.39, 0.29) is 5.91 Å². The van der Waals surface area contributed by atoms with Crippen LogP contribution in [0.5, 0.6) is 0 Å². The number of carbonyl (C=O) groups excluding carboxylic acids is 1. The van der Waals surface area contributed by atoms with Crippen molar-refractivity contribution in [2.24, 2.45) is 0 Å². The average molecular weight is 309 g/mol. The van der Waals surface area contributed by atoms with Crippen LogP contribution < -0.4 is 10.6 Å². The van der Waals surface area contributed by atoms with Gasteiger partial charge in [0.1, 0.15) is 0 Å². The molecule has 0 bridgehead atoms. The minimum atomic E-state index is -0.222. The first-order chi connectivity index (χ1) is 9.52. The van der Waals surface area contributed by atoms with E-state index >= 15 is 0 Å². The molecule has 104 valence electrons. The molecule has 0 heterocycles. The predicted molar refractivity (Wildman–Crippen MR) is 85.1 cm³/mol. The Kier molecular flexibility index (Phi) is 4.53. The highest BCUT2D eigenvalue weighted by Gasteiger charge is 2.11. The van der Waals surface area contributed by atoms with Crippen LogP contribution in [0.2, 0.25) is 10.0 Å². The van der Waals surface area contributed by atoms with Gasteiger partial charge in [0.05, 0.1) is 15.7 Å². The van der Waals surface area contributed by atoms with Crippen molar-refractivity contribution in [2.75, 3.05) is 17.7 Å². The van der Waals surface area contributed by atoms with Gasteiger partial charge >= 0.3 is 0 Å². The monoisotopic (exact) mass is 308 g/mol. The molecule has 0 saturated heterocycles. The first-order valence-electron chi connectivity index (χ1n) is 6.06. The summed E-state index contributed by atoms with van der Waals surface area (Å²) in [6, 6.07) is 10.6. The summed E-state index contributed by atoms with van der Waals surface area (Å²) in [6.07, 6.45) is 0. The normalized spacial score (nSPS) is 10.2. The van der Waals surface area contributed by atoms with Gasteiger partial charge in [-0.1, -0.05) is 29.3 Å². The van der Waals surface area contributed by atoms with Crippen LogP contribution in [0.25, 0.3) is 0 Å². The Morgan fingerprint density at radius 1 is 1.10 bits per heavy atom. The predicted octanol–water partition coefficient (Wildman–Crippen LogP) is 4.60. The molecule has 1 amide bonds. The highest BCUT2D eigenvalue weighted by atomic mass is 35.5. The van der Waals surface area contributed by atoms with Gasteiger partial charge in [0.15, 0.2) is 0 Å². The van der Waals surface area contributed by atoms with Crippen molar-refractivity contribution in [3.8, 4) is 0 Å². The van der Waals surface area contributed by atoms with E-state index in [9.17, 15) is 4.79 Å². The van der Waals surface area contributed by atoms with Crippen molar-refractivity contribution in [3.63, 3.8) is 0 Å². The van der Waals surface area contributed by atoms with Crippen LogP contribution >= 0.6 is 23.2 Å². The lowest BCUT2D eigenvalue weighted by Gasteiger charge is -2.10. The van der Waals surface area contributed by atoms with Gasteiger partial charge in [0, 0.05) is 18.3 Å². The van der Waals surface area contributed by atoms with Gasteiger partial charge in [-0.3, -0.25) is 4.79 Å². The van der Waals surface area contributed by atoms with E-state index in [0.717, 1.165) is 11.3 Å². The zero-order valence-corrected chi connectivity index (χ0v) is 12.6. The Balaban J connectivity index is 2.24. The van der Waals surface area contributed by atoms with E-state index in [1.165, 1.54) is 0 Å². The molecular weight excluding hydrogens is 295 g/mol. The maximum absolute atomic E-state index is 12.2. The number of amides is 1. The van der Waals surface area contributed by atoms with Gasteiger partial charge in [0.25, 0.3) is 5.91 Å². The highest BCUT2D eigenvalue weighted by molar-refractivity contribution is 6.44. The van der Waals surface area contributed by atoms with E-state index in [4.69, 9.17) is 23.2 Å². The maximum Gasteiger partial charge on any atom is 0.255 e.